The van der Waals surface area contributed by atoms with Crippen LogP contribution in [0.15, 0.2) is 56.2 Å². The fourth-order valence-electron chi connectivity index (χ4n) is 5.96. The molecular formula is C29H40N6OS. The molecule has 0 amide bonds. The van der Waals surface area contributed by atoms with Gasteiger partial charge < -0.3 is 14.3 Å². The number of aryl methyl sites for hydroxylation is 1. The van der Waals surface area contributed by atoms with Gasteiger partial charge in [-0.2, -0.15) is 5.10 Å². The highest BCUT2D eigenvalue weighted by molar-refractivity contribution is 7.99. The van der Waals surface area contributed by atoms with E-state index in [1.807, 2.05) is 37.9 Å². The van der Waals surface area contributed by atoms with Crippen LogP contribution in [0.1, 0.15) is 57.8 Å². The van der Waals surface area contributed by atoms with Gasteiger partial charge in [0.1, 0.15) is 11.5 Å². The summed E-state index contributed by atoms with van der Waals surface area (Å²) < 4.78 is 5.24. The van der Waals surface area contributed by atoms with Crippen molar-refractivity contribution in [3.05, 3.63) is 52.9 Å². The molecule has 2 fully saturated rings. The van der Waals surface area contributed by atoms with Gasteiger partial charge in [-0.25, -0.2) is 0 Å². The zero-order valence-electron chi connectivity index (χ0n) is 22.8. The summed E-state index contributed by atoms with van der Waals surface area (Å²) in [7, 11) is 2.14. The number of likely N-dealkylation sites (N-methyl/N-ethyl adjacent to an activating group) is 1. The average molecular weight is 521 g/mol. The summed E-state index contributed by atoms with van der Waals surface area (Å²) in [6.07, 6.45) is 6.45. The maximum Gasteiger partial charge on any atom is 0.164 e. The van der Waals surface area contributed by atoms with E-state index in [9.17, 15) is 0 Å². The van der Waals surface area contributed by atoms with Crippen molar-refractivity contribution in [2.45, 2.75) is 64.3 Å². The molecule has 3 heterocycles. The van der Waals surface area contributed by atoms with E-state index in [1.165, 1.54) is 37.1 Å². The number of amidine groups is 1. The molecule has 7 nitrogen and oxygen atoms in total. The van der Waals surface area contributed by atoms with Crippen LogP contribution in [-0.4, -0.2) is 64.9 Å². The van der Waals surface area contributed by atoms with Crippen LogP contribution in [0.25, 0.3) is 11.3 Å². The topological polar surface area (TPSA) is 69.3 Å². The molecule has 1 N–H and O–H groups in total. The number of allylic oxidation sites excluding steroid dienone is 1. The minimum absolute atomic E-state index is 0.186. The number of hydrogen-bond acceptors (Lipinski definition) is 8. The maximum atomic E-state index is 5.24. The Kier molecular flexibility index (Phi) is 7.77. The summed E-state index contributed by atoms with van der Waals surface area (Å²) >= 11 is 1.95. The second-order valence-corrected chi connectivity index (χ2v) is 11.8. The number of rotatable bonds is 11. The first-order valence-corrected chi connectivity index (χ1v) is 14.6. The molecular weight excluding hydrogens is 480 g/mol. The normalized spacial score (nSPS) is 25.9. The molecule has 2 aliphatic heterocycles. The zero-order chi connectivity index (χ0) is 26.0. The largest absolute Gasteiger partial charge is 0.361 e. The first-order chi connectivity index (χ1) is 17.9. The molecule has 1 aliphatic carbocycles. The van der Waals surface area contributed by atoms with Gasteiger partial charge in [0.25, 0.3) is 0 Å². The van der Waals surface area contributed by atoms with Gasteiger partial charge in [0.05, 0.1) is 0 Å². The Morgan fingerprint density at radius 3 is 2.84 bits per heavy atom. The molecule has 1 unspecified atom stereocenters. The highest BCUT2D eigenvalue weighted by Gasteiger charge is 2.60. The Balaban J connectivity index is 1.08. The zero-order valence-corrected chi connectivity index (χ0v) is 23.6. The molecule has 198 valence electrons. The Labute approximate surface area is 225 Å². The number of nitrogens with one attached hydrogen (secondary N) is 1. The van der Waals surface area contributed by atoms with E-state index in [1.54, 1.807) is 0 Å². The first-order valence-electron chi connectivity index (χ1n) is 13.6. The Bertz CT molecular complexity index is 1190. The molecule has 37 heavy (non-hydrogen) atoms. The van der Waals surface area contributed by atoms with Crippen molar-refractivity contribution in [2.24, 2.45) is 16.0 Å². The van der Waals surface area contributed by atoms with E-state index >= 15 is 0 Å². The number of aromatic nitrogens is 1. The second-order valence-electron chi connectivity index (χ2n) is 10.6. The Hall–Kier alpha value is -2.58. The monoisotopic (exact) mass is 520 g/mol. The standard InChI is InChI=1S/C29H40N6OS/c1-6-9-25(21(4)30-7-2)27-31-32-28(34(27)5)37-15-8-14-35-18-24-17-29(24,19-35)23-12-10-22(11-13-23)26-16-20(3)36-33-26/h7,10-13,16,24,28,32H,6,8-9,14-15,17-19H2,1-5H3/b25-21+,30-7?/t24-,28?,29+/m1/s1. The number of benzene rings is 1. The van der Waals surface area contributed by atoms with Crippen molar-refractivity contribution in [3.8, 4) is 11.3 Å². The molecule has 1 aromatic carbocycles. The van der Waals surface area contributed by atoms with E-state index in [2.05, 4.69) is 75.6 Å². The molecule has 1 saturated carbocycles. The Morgan fingerprint density at radius 1 is 1.32 bits per heavy atom. The number of aliphatic imine (C=N–C) groups is 1. The summed E-state index contributed by atoms with van der Waals surface area (Å²) in [4.78, 5) is 9.47. The molecule has 1 saturated heterocycles. The lowest BCUT2D eigenvalue weighted by atomic mass is 9.93. The molecule has 5 rings (SSSR count). The summed E-state index contributed by atoms with van der Waals surface area (Å²) in [5.41, 5.74) is 9.73. The van der Waals surface area contributed by atoms with Crippen LogP contribution in [-0.2, 0) is 5.41 Å². The maximum absolute atomic E-state index is 5.24. The van der Waals surface area contributed by atoms with Gasteiger partial charge in [0.2, 0.25) is 0 Å². The van der Waals surface area contributed by atoms with Crippen molar-refractivity contribution >= 4 is 23.8 Å². The minimum atomic E-state index is 0.186. The molecule has 0 spiro atoms. The van der Waals surface area contributed by atoms with Crippen LogP contribution in [0.3, 0.4) is 0 Å². The van der Waals surface area contributed by atoms with Crippen LogP contribution in [0, 0.1) is 12.8 Å². The quantitative estimate of drug-likeness (QED) is 0.305. The highest BCUT2D eigenvalue weighted by Crippen LogP contribution is 2.59. The van der Waals surface area contributed by atoms with Crippen LogP contribution < -0.4 is 5.43 Å². The molecule has 0 bridgehead atoms. The predicted molar refractivity (Wildman–Crippen MR) is 154 cm³/mol. The van der Waals surface area contributed by atoms with Crippen molar-refractivity contribution in [2.75, 3.05) is 32.4 Å². The smallest absolute Gasteiger partial charge is 0.164 e. The van der Waals surface area contributed by atoms with Crippen LogP contribution in [0.4, 0.5) is 0 Å². The van der Waals surface area contributed by atoms with E-state index in [0.717, 1.165) is 59.6 Å². The minimum Gasteiger partial charge on any atom is -0.361 e. The number of likely N-dealkylation sites (tertiary alicyclic amines) is 1. The van der Waals surface area contributed by atoms with Crippen molar-refractivity contribution in [3.63, 3.8) is 0 Å². The number of fused-ring (bicyclic) bond motifs is 1. The SMILES string of the molecule is CC=N/C(C)=C(\CCC)C1=NNC(SCCCN2C[C@H]3C[C@@]3(c3ccc(-c4cc(C)on4)cc3)C2)N1C. The number of piperidine rings is 1. The molecule has 3 atom stereocenters. The summed E-state index contributed by atoms with van der Waals surface area (Å²) in [6, 6.07) is 11.0. The van der Waals surface area contributed by atoms with Crippen molar-refractivity contribution in [1.29, 1.82) is 0 Å². The third-order valence-electron chi connectivity index (χ3n) is 7.99. The lowest BCUT2D eigenvalue weighted by molar-refractivity contribution is 0.299. The van der Waals surface area contributed by atoms with E-state index in [4.69, 9.17) is 4.52 Å². The van der Waals surface area contributed by atoms with E-state index < -0.39 is 0 Å². The first kappa shape index (κ1) is 26.0. The third kappa shape index (κ3) is 5.36. The number of nitrogens with zero attached hydrogens (tertiary/aromatic N) is 5. The average Bonchev–Trinajstić information content (AvgIpc) is 3.19. The molecule has 1 aromatic heterocycles. The molecule has 0 radical (unpaired) electrons. The van der Waals surface area contributed by atoms with Crippen LogP contribution >= 0.6 is 11.8 Å². The van der Waals surface area contributed by atoms with Gasteiger partial charge in [-0.15, -0.1) is 11.8 Å². The fraction of sp³-hybridized carbons (Fsp3) is 0.552. The van der Waals surface area contributed by atoms with Crippen LogP contribution in [0.5, 0.6) is 0 Å². The number of hydrazone groups is 1. The van der Waals surface area contributed by atoms with Gasteiger partial charge in [-0.05, 0) is 63.8 Å². The molecule has 3 aliphatic rings. The predicted octanol–water partition coefficient (Wildman–Crippen LogP) is 5.64. The number of hydrogen-bond donors (Lipinski definition) is 1. The highest BCUT2D eigenvalue weighted by atomic mass is 32.2. The van der Waals surface area contributed by atoms with E-state index in [-0.39, 0.29) is 5.50 Å². The Morgan fingerprint density at radius 2 is 2.14 bits per heavy atom. The van der Waals surface area contributed by atoms with Gasteiger partial charge in [0.15, 0.2) is 11.3 Å². The lowest BCUT2D eigenvalue weighted by Gasteiger charge is -2.24. The second kappa shape index (κ2) is 11.0. The van der Waals surface area contributed by atoms with E-state index in [0.29, 0.717) is 5.41 Å². The van der Waals surface area contributed by atoms with Gasteiger partial charge >= 0.3 is 0 Å². The van der Waals surface area contributed by atoms with Crippen molar-refractivity contribution < 1.29 is 4.52 Å². The molecule has 8 heteroatoms. The van der Waals surface area contributed by atoms with Gasteiger partial charge in [-0.3, -0.25) is 10.4 Å². The third-order valence-corrected chi connectivity index (χ3v) is 9.25. The van der Waals surface area contributed by atoms with Crippen LogP contribution in [0.2, 0.25) is 0 Å². The summed E-state index contributed by atoms with van der Waals surface area (Å²) in [5.74, 6) is 3.80. The summed E-state index contributed by atoms with van der Waals surface area (Å²) in [5, 5.41) is 8.84. The number of thioether (sulfide) groups is 1. The summed E-state index contributed by atoms with van der Waals surface area (Å²) in [6.45, 7) is 11.8. The lowest BCUT2D eigenvalue weighted by Crippen LogP contribution is -2.35. The molecule has 2 aromatic rings. The fourth-order valence-corrected chi connectivity index (χ4v) is 6.93. The van der Waals surface area contributed by atoms with Gasteiger partial charge in [-0.1, -0.05) is 42.8 Å². The van der Waals surface area contributed by atoms with Crippen molar-refractivity contribution in [1.82, 2.24) is 20.4 Å². The van der Waals surface area contributed by atoms with Gasteiger partial charge in [0, 0.05) is 54.7 Å².